The number of aromatic carboxylic acids is 1. The monoisotopic (exact) mass is 528 g/mol. The molecule has 38 heavy (non-hydrogen) atoms. The van der Waals surface area contributed by atoms with Gasteiger partial charge in [0.05, 0.1) is 11.8 Å². The SMILES string of the molecule is CCC(CC)c1ccc(N(Cc2ccc(-c3ccc(COc4cncc(C(=O)O)c4)s3)cc2)C(C)C)cc1. The summed E-state index contributed by atoms with van der Waals surface area (Å²) in [6, 6.07) is 23.9. The van der Waals surface area contributed by atoms with Crippen molar-refractivity contribution in [2.75, 3.05) is 4.90 Å². The van der Waals surface area contributed by atoms with Crippen molar-refractivity contribution >= 4 is 23.0 Å². The first-order valence-electron chi connectivity index (χ1n) is 13.2. The largest absolute Gasteiger partial charge is 0.486 e. The number of nitrogens with zero attached hydrogens (tertiary/aromatic N) is 2. The van der Waals surface area contributed by atoms with Crippen LogP contribution in [0, 0.1) is 0 Å². The van der Waals surface area contributed by atoms with E-state index in [0.29, 0.717) is 24.3 Å². The fourth-order valence-electron chi connectivity index (χ4n) is 4.62. The molecule has 0 aliphatic rings. The molecule has 198 valence electrons. The molecule has 0 amide bonds. The topological polar surface area (TPSA) is 62.7 Å². The molecule has 0 saturated carbocycles. The molecule has 5 nitrogen and oxygen atoms in total. The van der Waals surface area contributed by atoms with Crippen molar-refractivity contribution in [1.82, 2.24) is 4.98 Å². The smallest absolute Gasteiger partial charge is 0.337 e. The quantitative estimate of drug-likeness (QED) is 0.200. The minimum Gasteiger partial charge on any atom is -0.486 e. The molecule has 0 radical (unpaired) electrons. The highest BCUT2D eigenvalue weighted by molar-refractivity contribution is 7.15. The van der Waals surface area contributed by atoms with Gasteiger partial charge in [0.25, 0.3) is 0 Å². The summed E-state index contributed by atoms with van der Waals surface area (Å²) in [5, 5.41) is 9.13. The van der Waals surface area contributed by atoms with Gasteiger partial charge < -0.3 is 14.7 Å². The van der Waals surface area contributed by atoms with E-state index < -0.39 is 5.97 Å². The van der Waals surface area contributed by atoms with E-state index >= 15 is 0 Å². The molecule has 2 aromatic carbocycles. The Bertz CT molecular complexity index is 1330. The van der Waals surface area contributed by atoms with Crippen LogP contribution in [0.2, 0.25) is 0 Å². The molecule has 0 aliphatic carbocycles. The van der Waals surface area contributed by atoms with Crippen molar-refractivity contribution in [3.8, 4) is 16.2 Å². The van der Waals surface area contributed by atoms with Crippen LogP contribution in [0.4, 0.5) is 5.69 Å². The predicted molar refractivity (Wildman–Crippen MR) is 156 cm³/mol. The highest BCUT2D eigenvalue weighted by Gasteiger charge is 2.14. The number of benzene rings is 2. The minimum absolute atomic E-state index is 0.115. The van der Waals surface area contributed by atoms with E-state index in [4.69, 9.17) is 9.84 Å². The van der Waals surface area contributed by atoms with Gasteiger partial charge in [-0.25, -0.2) is 4.79 Å². The van der Waals surface area contributed by atoms with Gasteiger partial charge in [-0.3, -0.25) is 4.98 Å². The molecule has 0 saturated heterocycles. The van der Waals surface area contributed by atoms with Crippen molar-refractivity contribution in [3.05, 3.63) is 101 Å². The van der Waals surface area contributed by atoms with Crippen LogP contribution in [0.1, 0.15) is 72.8 Å². The Balaban J connectivity index is 1.40. The van der Waals surface area contributed by atoms with E-state index in [-0.39, 0.29) is 5.56 Å². The molecule has 0 aliphatic heterocycles. The summed E-state index contributed by atoms with van der Waals surface area (Å²) < 4.78 is 5.77. The first-order chi connectivity index (χ1) is 18.4. The number of pyridine rings is 1. The first-order valence-corrected chi connectivity index (χ1v) is 14.0. The molecule has 2 heterocycles. The van der Waals surface area contributed by atoms with Gasteiger partial charge in [0.2, 0.25) is 0 Å². The second-order valence-corrected chi connectivity index (χ2v) is 11.0. The van der Waals surface area contributed by atoms with Crippen LogP contribution in [-0.4, -0.2) is 22.1 Å². The normalized spacial score (nSPS) is 11.2. The van der Waals surface area contributed by atoms with Crippen LogP contribution >= 0.6 is 11.3 Å². The summed E-state index contributed by atoms with van der Waals surface area (Å²) in [7, 11) is 0. The van der Waals surface area contributed by atoms with Crippen molar-refractivity contribution in [1.29, 1.82) is 0 Å². The summed E-state index contributed by atoms with van der Waals surface area (Å²) in [4.78, 5) is 19.8. The fourth-order valence-corrected chi connectivity index (χ4v) is 5.55. The van der Waals surface area contributed by atoms with E-state index in [1.165, 1.54) is 58.6 Å². The second kappa shape index (κ2) is 12.7. The third kappa shape index (κ3) is 6.81. The summed E-state index contributed by atoms with van der Waals surface area (Å²) in [6.07, 6.45) is 5.19. The number of carbonyl (C=O) groups is 1. The van der Waals surface area contributed by atoms with Crippen LogP contribution in [-0.2, 0) is 13.2 Å². The highest BCUT2D eigenvalue weighted by atomic mass is 32.1. The summed E-state index contributed by atoms with van der Waals surface area (Å²) in [5.74, 6) is 0.0639. The van der Waals surface area contributed by atoms with Crippen LogP contribution in [0.5, 0.6) is 5.75 Å². The lowest BCUT2D eigenvalue weighted by Gasteiger charge is -2.30. The summed E-state index contributed by atoms with van der Waals surface area (Å²) >= 11 is 1.67. The molecule has 0 atom stereocenters. The fraction of sp³-hybridized carbons (Fsp3) is 0.312. The number of carboxylic acid groups (broad SMARTS) is 1. The van der Waals surface area contributed by atoms with Crippen LogP contribution in [0.25, 0.3) is 10.4 Å². The molecule has 0 bridgehead atoms. The molecule has 0 spiro atoms. The summed E-state index contributed by atoms with van der Waals surface area (Å²) in [5.41, 5.74) is 5.25. The van der Waals surface area contributed by atoms with Crippen LogP contribution < -0.4 is 9.64 Å². The lowest BCUT2D eigenvalue weighted by molar-refractivity contribution is 0.0696. The Labute approximate surface area is 229 Å². The third-order valence-corrected chi connectivity index (χ3v) is 8.01. The van der Waals surface area contributed by atoms with Crippen molar-refractivity contribution in [2.24, 2.45) is 0 Å². The zero-order chi connectivity index (χ0) is 27.1. The molecule has 4 rings (SSSR count). The average Bonchev–Trinajstić information content (AvgIpc) is 3.41. The Kier molecular flexibility index (Phi) is 9.19. The van der Waals surface area contributed by atoms with E-state index in [0.717, 1.165) is 11.4 Å². The predicted octanol–water partition coefficient (Wildman–Crippen LogP) is 8.41. The Morgan fingerprint density at radius 1 is 0.974 bits per heavy atom. The number of rotatable bonds is 12. The number of aromatic nitrogens is 1. The van der Waals surface area contributed by atoms with Crippen LogP contribution in [0.3, 0.4) is 0 Å². The number of thiophene rings is 1. The number of hydrogen-bond acceptors (Lipinski definition) is 5. The van der Waals surface area contributed by atoms with Gasteiger partial charge in [-0.1, -0.05) is 50.2 Å². The number of anilines is 1. The lowest BCUT2D eigenvalue weighted by Crippen LogP contribution is -2.30. The van der Waals surface area contributed by atoms with Crippen LogP contribution in [0.15, 0.2) is 79.1 Å². The third-order valence-electron chi connectivity index (χ3n) is 6.90. The highest BCUT2D eigenvalue weighted by Crippen LogP contribution is 2.31. The van der Waals surface area contributed by atoms with E-state index in [2.05, 4.69) is 92.2 Å². The first kappa shape index (κ1) is 27.4. The van der Waals surface area contributed by atoms with Gasteiger partial charge in [-0.2, -0.15) is 0 Å². The van der Waals surface area contributed by atoms with Gasteiger partial charge in [-0.05, 0) is 79.6 Å². The number of carboxylic acids is 1. The molecule has 1 N–H and O–H groups in total. The number of ether oxygens (including phenoxy) is 1. The van der Waals surface area contributed by atoms with Crippen molar-refractivity contribution in [2.45, 2.75) is 65.6 Å². The van der Waals surface area contributed by atoms with E-state index in [1.54, 1.807) is 11.3 Å². The molecule has 6 heteroatoms. The molecular formula is C32H36N2O3S. The molecule has 4 aromatic rings. The van der Waals surface area contributed by atoms with Gasteiger partial charge in [0.1, 0.15) is 12.4 Å². The van der Waals surface area contributed by atoms with Gasteiger partial charge >= 0.3 is 5.97 Å². The van der Waals surface area contributed by atoms with Gasteiger partial charge in [-0.15, -0.1) is 11.3 Å². The van der Waals surface area contributed by atoms with Gasteiger partial charge in [0.15, 0.2) is 0 Å². The van der Waals surface area contributed by atoms with Gasteiger partial charge in [0, 0.05) is 34.2 Å². The maximum atomic E-state index is 11.1. The molecule has 2 aromatic heterocycles. The maximum Gasteiger partial charge on any atom is 0.337 e. The van der Waals surface area contributed by atoms with Crippen molar-refractivity contribution < 1.29 is 14.6 Å². The van der Waals surface area contributed by atoms with E-state index in [1.807, 2.05) is 6.07 Å². The molecular weight excluding hydrogens is 492 g/mol. The Morgan fingerprint density at radius 3 is 2.32 bits per heavy atom. The Morgan fingerprint density at radius 2 is 1.68 bits per heavy atom. The van der Waals surface area contributed by atoms with E-state index in [9.17, 15) is 4.79 Å². The Hall–Kier alpha value is -3.64. The maximum absolute atomic E-state index is 11.1. The zero-order valence-electron chi connectivity index (χ0n) is 22.6. The molecule has 0 fully saturated rings. The second-order valence-electron chi connectivity index (χ2n) is 9.79. The lowest BCUT2D eigenvalue weighted by atomic mass is 9.94. The zero-order valence-corrected chi connectivity index (χ0v) is 23.4. The number of hydrogen-bond donors (Lipinski definition) is 1. The van der Waals surface area contributed by atoms with Crippen molar-refractivity contribution in [3.63, 3.8) is 0 Å². The molecule has 0 unspecified atom stereocenters. The minimum atomic E-state index is -1.02. The summed E-state index contributed by atoms with van der Waals surface area (Å²) in [6.45, 7) is 10.2. The standard InChI is InChI=1S/C32H36N2O3S/c1-5-24(6-2)25-11-13-28(14-12-25)34(22(3)4)20-23-7-9-26(10-8-23)31-16-15-30(38-31)21-37-29-17-27(32(35)36)18-33-19-29/h7-19,22,24H,5-6,20-21H2,1-4H3,(H,35,36). The average molecular weight is 529 g/mol.